The molecule has 0 amide bonds. The molecule has 5 nitrogen and oxygen atoms in total. The smallest absolute Gasteiger partial charge is 0.258 e. The summed E-state index contributed by atoms with van der Waals surface area (Å²) in [6.07, 6.45) is 7.80. The van der Waals surface area contributed by atoms with Crippen molar-refractivity contribution in [2.75, 3.05) is 13.1 Å². The van der Waals surface area contributed by atoms with Gasteiger partial charge in [0.1, 0.15) is 0 Å². The molecule has 0 unspecified atom stereocenters. The molecule has 0 saturated carbocycles. The fourth-order valence-corrected chi connectivity index (χ4v) is 5.04. The summed E-state index contributed by atoms with van der Waals surface area (Å²) in [5.41, 5.74) is 7.50. The van der Waals surface area contributed by atoms with Crippen molar-refractivity contribution in [1.82, 2.24) is 19.9 Å². The standard InChI is InChI=1S/C27H30N4O/c1-17(2)25-23-13-19(18-8-11-28-12-9-18)6-7-24(23)30-26(25)21-14-22(27(32)31(3)16-21)20-5-4-10-29-15-20/h4-7,10,13-18,28,30H,8-9,11-12H2,1-3H3. The number of aromatic nitrogens is 3. The fourth-order valence-electron chi connectivity index (χ4n) is 5.04. The maximum atomic E-state index is 12.9. The average Bonchev–Trinajstić information content (AvgIpc) is 3.21. The van der Waals surface area contributed by atoms with Gasteiger partial charge in [0.2, 0.25) is 0 Å². The van der Waals surface area contributed by atoms with E-state index in [9.17, 15) is 4.79 Å². The van der Waals surface area contributed by atoms with E-state index in [1.165, 1.54) is 29.4 Å². The minimum atomic E-state index is -0.0165. The SMILES string of the molecule is CC(C)c1c(-c2cc(-c3cccnc3)c(=O)n(C)c2)[nH]c2ccc(C3CCNCC3)cc12. The van der Waals surface area contributed by atoms with E-state index in [1.807, 2.05) is 31.4 Å². The number of rotatable bonds is 4. The van der Waals surface area contributed by atoms with Gasteiger partial charge in [0.05, 0.1) is 5.69 Å². The van der Waals surface area contributed by atoms with Crippen LogP contribution in [0.4, 0.5) is 0 Å². The van der Waals surface area contributed by atoms with Crippen LogP contribution in [0.1, 0.15) is 49.7 Å². The van der Waals surface area contributed by atoms with Gasteiger partial charge in [-0.05, 0) is 73.2 Å². The molecule has 2 N–H and O–H groups in total. The zero-order chi connectivity index (χ0) is 22.2. The van der Waals surface area contributed by atoms with Gasteiger partial charge >= 0.3 is 0 Å². The third kappa shape index (κ3) is 3.67. The fraction of sp³-hybridized carbons (Fsp3) is 0.333. The van der Waals surface area contributed by atoms with Gasteiger partial charge in [0, 0.05) is 53.2 Å². The normalized spacial score (nSPS) is 15.0. The lowest BCUT2D eigenvalue weighted by atomic mass is 9.88. The quantitative estimate of drug-likeness (QED) is 0.472. The Morgan fingerprint density at radius 1 is 1.09 bits per heavy atom. The van der Waals surface area contributed by atoms with Crippen LogP contribution in [0.15, 0.2) is 59.8 Å². The van der Waals surface area contributed by atoms with E-state index in [4.69, 9.17) is 0 Å². The lowest BCUT2D eigenvalue weighted by Gasteiger charge is -2.23. The van der Waals surface area contributed by atoms with E-state index in [0.717, 1.165) is 35.4 Å². The van der Waals surface area contributed by atoms with E-state index in [2.05, 4.69) is 47.3 Å². The van der Waals surface area contributed by atoms with Crippen LogP contribution in [-0.4, -0.2) is 27.6 Å². The number of nitrogens with zero attached hydrogens (tertiary/aromatic N) is 2. The Bertz CT molecular complexity index is 1310. The number of pyridine rings is 2. The third-order valence-corrected chi connectivity index (χ3v) is 6.70. The highest BCUT2D eigenvalue weighted by Crippen LogP contribution is 2.38. The minimum Gasteiger partial charge on any atom is -0.354 e. The first-order valence-corrected chi connectivity index (χ1v) is 11.5. The van der Waals surface area contributed by atoms with Crippen LogP contribution < -0.4 is 10.9 Å². The highest BCUT2D eigenvalue weighted by molar-refractivity contribution is 5.92. The third-order valence-electron chi connectivity index (χ3n) is 6.70. The van der Waals surface area contributed by atoms with Crippen molar-refractivity contribution >= 4 is 10.9 Å². The molecule has 1 aliphatic heterocycles. The molecule has 0 radical (unpaired) electrons. The number of benzene rings is 1. The summed E-state index contributed by atoms with van der Waals surface area (Å²) < 4.78 is 1.67. The predicted octanol–water partition coefficient (Wildman–Crippen LogP) is 5.19. The molecule has 32 heavy (non-hydrogen) atoms. The highest BCUT2D eigenvalue weighted by Gasteiger charge is 2.21. The predicted molar refractivity (Wildman–Crippen MR) is 131 cm³/mol. The summed E-state index contributed by atoms with van der Waals surface area (Å²) >= 11 is 0. The summed E-state index contributed by atoms with van der Waals surface area (Å²) in [6.45, 7) is 6.67. The maximum Gasteiger partial charge on any atom is 0.258 e. The van der Waals surface area contributed by atoms with E-state index in [0.29, 0.717) is 17.4 Å². The number of aromatic amines is 1. The number of fused-ring (bicyclic) bond motifs is 1. The minimum absolute atomic E-state index is 0.0165. The Hall–Kier alpha value is -3.18. The first-order chi connectivity index (χ1) is 15.5. The molecule has 1 fully saturated rings. The lowest BCUT2D eigenvalue weighted by Crippen LogP contribution is -2.26. The number of H-pyrrole nitrogens is 1. The molecule has 1 aromatic carbocycles. The van der Waals surface area contributed by atoms with E-state index in [-0.39, 0.29) is 5.56 Å². The number of piperidine rings is 1. The summed E-state index contributed by atoms with van der Waals surface area (Å²) in [4.78, 5) is 20.8. The number of hydrogen-bond donors (Lipinski definition) is 2. The van der Waals surface area contributed by atoms with Gasteiger partial charge in [0.15, 0.2) is 0 Å². The Labute approximate surface area is 188 Å². The topological polar surface area (TPSA) is 62.7 Å². The van der Waals surface area contributed by atoms with Gasteiger partial charge < -0.3 is 14.9 Å². The zero-order valence-corrected chi connectivity index (χ0v) is 19.0. The Morgan fingerprint density at radius 3 is 2.62 bits per heavy atom. The van der Waals surface area contributed by atoms with Gasteiger partial charge in [0.25, 0.3) is 5.56 Å². The molecule has 164 valence electrons. The second-order valence-electron chi connectivity index (χ2n) is 9.20. The van der Waals surface area contributed by atoms with Crippen LogP contribution in [0.3, 0.4) is 0 Å². The van der Waals surface area contributed by atoms with Crippen molar-refractivity contribution in [3.8, 4) is 22.4 Å². The summed E-state index contributed by atoms with van der Waals surface area (Å²) in [5, 5.41) is 4.76. The molecule has 0 spiro atoms. The summed E-state index contributed by atoms with van der Waals surface area (Å²) in [7, 11) is 1.82. The molecule has 1 aliphatic rings. The second kappa shape index (κ2) is 8.40. The highest BCUT2D eigenvalue weighted by atomic mass is 16.1. The van der Waals surface area contributed by atoms with Crippen LogP contribution >= 0.6 is 0 Å². The van der Waals surface area contributed by atoms with Crippen molar-refractivity contribution in [1.29, 1.82) is 0 Å². The number of hydrogen-bond acceptors (Lipinski definition) is 3. The molecule has 4 heterocycles. The van der Waals surface area contributed by atoms with Crippen LogP contribution in [0.25, 0.3) is 33.3 Å². The monoisotopic (exact) mass is 426 g/mol. The molecule has 4 aromatic rings. The Kier molecular flexibility index (Phi) is 5.43. The maximum absolute atomic E-state index is 12.9. The Morgan fingerprint density at radius 2 is 1.91 bits per heavy atom. The molecule has 5 heteroatoms. The van der Waals surface area contributed by atoms with Crippen LogP contribution in [0.5, 0.6) is 0 Å². The molecule has 0 atom stereocenters. The van der Waals surface area contributed by atoms with E-state index in [1.54, 1.807) is 17.0 Å². The van der Waals surface area contributed by atoms with Gasteiger partial charge in [-0.25, -0.2) is 0 Å². The van der Waals surface area contributed by atoms with Crippen molar-refractivity contribution in [2.45, 2.75) is 38.5 Å². The Balaban J connectivity index is 1.68. The summed E-state index contributed by atoms with van der Waals surface area (Å²) in [6, 6.07) is 12.7. The van der Waals surface area contributed by atoms with Crippen molar-refractivity contribution < 1.29 is 0 Å². The number of aryl methyl sites for hydroxylation is 1. The molecule has 5 rings (SSSR count). The largest absolute Gasteiger partial charge is 0.354 e. The van der Waals surface area contributed by atoms with E-state index < -0.39 is 0 Å². The van der Waals surface area contributed by atoms with Crippen molar-refractivity contribution in [3.05, 3.63) is 76.5 Å². The van der Waals surface area contributed by atoms with Gasteiger partial charge in [-0.1, -0.05) is 26.0 Å². The second-order valence-corrected chi connectivity index (χ2v) is 9.20. The van der Waals surface area contributed by atoms with Crippen molar-refractivity contribution in [3.63, 3.8) is 0 Å². The molecular formula is C27H30N4O. The molecule has 0 bridgehead atoms. The van der Waals surface area contributed by atoms with Gasteiger partial charge in [-0.2, -0.15) is 0 Å². The number of nitrogens with one attached hydrogen (secondary N) is 2. The molecular weight excluding hydrogens is 396 g/mol. The first kappa shape index (κ1) is 20.7. The first-order valence-electron chi connectivity index (χ1n) is 11.5. The van der Waals surface area contributed by atoms with Crippen LogP contribution in [-0.2, 0) is 7.05 Å². The van der Waals surface area contributed by atoms with Crippen molar-refractivity contribution in [2.24, 2.45) is 7.05 Å². The molecule has 1 saturated heterocycles. The molecule has 0 aliphatic carbocycles. The van der Waals surface area contributed by atoms with Gasteiger partial charge in [-0.3, -0.25) is 9.78 Å². The molecule has 3 aromatic heterocycles. The lowest BCUT2D eigenvalue weighted by molar-refractivity contribution is 0.460. The van der Waals surface area contributed by atoms with Crippen LogP contribution in [0.2, 0.25) is 0 Å². The zero-order valence-electron chi connectivity index (χ0n) is 19.0. The van der Waals surface area contributed by atoms with Crippen LogP contribution in [0, 0.1) is 0 Å². The van der Waals surface area contributed by atoms with E-state index >= 15 is 0 Å². The summed E-state index contributed by atoms with van der Waals surface area (Å²) in [5.74, 6) is 0.967. The average molecular weight is 427 g/mol. The van der Waals surface area contributed by atoms with Gasteiger partial charge in [-0.15, -0.1) is 0 Å².